The first-order valence-electron chi connectivity index (χ1n) is 5.36. The Morgan fingerprint density at radius 2 is 2.18 bits per heavy atom. The summed E-state index contributed by atoms with van der Waals surface area (Å²) in [7, 11) is 0. The number of hydrogen-bond acceptors (Lipinski definition) is 3. The minimum atomic E-state index is -0.932. The topological polar surface area (TPSA) is 84.2 Å². The number of aromatic nitrogens is 2. The zero-order valence-electron chi connectivity index (χ0n) is 10.2. The second-order valence-corrected chi connectivity index (χ2v) is 4.42. The molecular weight excluding hydrogens is 222 g/mol. The molecule has 0 aliphatic carbocycles. The Kier molecular flexibility index (Phi) is 3.88. The van der Waals surface area contributed by atoms with Crippen LogP contribution in [0.1, 0.15) is 25.8 Å². The number of hydrogen-bond donors (Lipinski definition) is 2. The SMILES string of the molecule is Cc1cnn(C(C)(C)C(=O)NCCC(=O)O)c1. The summed E-state index contributed by atoms with van der Waals surface area (Å²) in [5.74, 6) is -1.18. The maximum atomic E-state index is 11.9. The van der Waals surface area contributed by atoms with Gasteiger partial charge in [0.1, 0.15) is 5.54 Å². The average Bonchev–Trinajstić information content (AvgIpc) is 2.64. The lowest BCUT2D eigenvalue weighted by molar-refractivity contribution is -0.137. The highest BCUT2D eigenvalue weighted by Gasteiger charge is 2.30. The molecule has 1 aromatic heterocycles. The largest absolute Gasteiger partial charge is 0.481 e. The van der Waals surface area contributed by atoms with Crippen LogP contribution in [0.2, 0.25) is 0 Å². The number of carbonyl (C=O) groups is 2. The van der Waals surface area contributed by atoms with Crippen LogP contribution in [0.4, 0.5) is 0 Å². The summed E-state index contributed by atoms with van der Waals surface area (Å²) in [5.41, 5.74) is 0.142. The van der Waals surface area contributed by atoms with E-state index in [0.29, 0.717) is 0 Å². The normalized spacial score (nSPS) is 11.2. The van der Waals surface area contributed by atoms with Gasteiger partial charge in [-0.05, 0) is 26.3 Å². The molecule has 0 saturated carbocycles. The van der Waals surface area contributed by atoms with Crippen LogP contribution in [-0.2, 0) is 15.1 Å². The van der Waals surface area contributed by atoms with Crippen LogP contribution in [0.3, 0.4) is 0 Å². The number of carboxylic acid groups (broad SMARTS) is 1. The molecule has 0 aromatic carbocycles. The molecule has 0 fully saturated rings. The average molecular weight is 239 g/mol. The summed E-state index contributed by atoms with van der Waals surface area (Å²) in [6.45, 7) is 5.48. The van der Waals surface area contributed by atoms with Crippen LogP contribution in [-0.4, -0.2) is 33.3 Å². The quantitative estimate of drug-likeness (QED) is 0.784. The maximum Gasteiger partial charge on any atom is 0.305 e. The highest BCUT2D eigenvalue weighted by atomic mass is 16.4. The first kappa shape index (κ1) is 13.2. The monoisotopic (exact) mass is 239 g/mol. The van der Waals surface area contributed by atoms with Gasteiger partial charge in [0.25, 0.3) is 0 Å². The lowest BCUT2D eigenvalue weighted by Gasteiger charge is -2.24. The van der Waals surface area contributed by atoms with Gasteiger partial charge in [0.2, 0.25) is 5.91 Å². The summed E-state index contributed by atoms with van der Waals surface area (Å²) in [6, 6.07) is 0. The lowest BCUT2D eigenvalue weighted by atomic mass is 10.1. The fraction of sp³-hybridized carbons (Fsp3) is 0.545. The number of rotatable bonds is 5. The Balaban J connectivity index is 2.64. The Morgan fingerprint density at radius 3 is 2.65 bits per heavy atom. The van der Waals surface area contributed by atoms with E-state index in [-0.39, 0.29) is 18.9 Å². The van der Waals surface area contributed by atoms with Crippen molar-refractivity contribution in [2.24, 2.45) is 0 Å². The summed E-state index contributed by atoms with van der Waals surface area (Å²) in [4.78, 5) is 22.2. The number of nitrogens with zero attached hydrogens (tertiary/aromatic N) is 2. The van der Waals surface area contributed by atoms with Crippen molar-refractivity contribution in [1.82, 2.24) is 15.1 Å². The van der Waals surface area contributed by atoms with E-state index in [1.54, 1.807) is 30.9 Å². The molecule has 1 amide bonds. The van der Waals surface area contributed by atoms with Crippen molar-refractivity contribution >= 4 is 11.9 Å². The smallest absolute Gasteiger partial charge is 0.305 e. The third kappa shape index (κ3) is 3.30. The maximum absolute atomic E-state index is 11.9. The number of nitrogens with one attached hydrogen (secondary N) is 1. The van der Waals surface area contributed by atoms with Crippen LogP contribution in [0.5, 0.6) is 0 Å². The molecule has 0 unspecified atom stereocenters. The minimum Gasteiger partial charge on any atom is -0.481 e. The molecule has 1 heterocycles. The third-order valence-corrected chi connectivity index (χ3v) is 2.46. The van der Waals surface area contributed by atoms with Gasteiger partial charge in [-0.15, -0.1) is 0 Å². The Hall–Kier alpha value is -1.85. The predicted octanol–water partition coefficient (Wildman–Crippen LogP) is 0.518. The molecule has 17 heavy (non-hydrogen) atoms. The van der Waals surface area contributed by atoms with Crippen LogP contribution in [0.15, 0.2) is 12.4 Å². The van der Waals surface area contributed by atoms with Gasteiger partial charge >= 0.3 is 5.97 Å². The zero-order chi connectivity index (χ0) is 13.1. The second kappa shape index (κ2) is 4.99. The minimum absolute atomic E-state index is 0.0834. The third-order valence-electron chi connectivity index (χ3n) is 2.46. The highest BCUT2D eigenvalue weighted by molar-refractivity contribution is 5.83. The Morgan fingerprint density at radius 1 is 1.53 bits per heavy atom. The first-order valence-corrected chi connectivity index (χ1v) is 5.36. The summed E-state index contributed by atoms with van der Waals surface area (Å²) in [6.07, 6.45) is 3.36. The molecule has 0 aliphatic rings. The van der Waals surface area contributed by atoms with Crippen molar-refractivity contribution in [2.45, 2.75) is 32.7 Å². The molecule has 0 radical (unpaired) electrons. The van der Waals surface area contributed by atoms with Gasteiger partial charge in [0.15, 0.2) is 0 Å². The highest BCUT2D eigenvalue weighted by Crippen LogP contribution is 2.14. The summed E-state index contributed by atoms with van der Waals surface area (Å²) < 4.78 is 1.57. The molecule has 1 aromatic rings. The molecule has 6 nitrogen and oxygen atoms in total. The number of aliphatic carboxylic acids is 1. The van der Waals surface area contributed by atoms with Gasteiger partial charge in [-0.1, -0.05) is 0 Å². The second-order valence-electron chi connectivity index (χ2n) is 4.42. The molecule has 0 bridgehead atoms. The standard InChI is InChI=1S/C11H17N3O3/c1-8-6-13-14(7-8)11(2,3)10(17)12-5-4-9(15)16/h6-7H,4-5H2,1-3H3,(H,12,17)(H,15,16). The van der Waals surface area contributed by atoms with E-state index in [2.05, 4.69) is 10.4 Å². The number of amides is 1. The van der Waals surface area contributed by atoms with Gasteiger partial charge in [-0.3, -0.25) is 14.3 Å². The van der Waals surface area contributed by atoms with Crippen LogP contribution < -0.4 is 5.32 Å². The molecule has 1 rings (SSSR count). The molecule has 0 atom stereocenters. The Bertz CT molecular complexity index is 423. The van der Waals surface area contributed by atoms with Crippen LogP contribution in [0, 0.1) is 6.92 Å². The molecule has 6 heteroatoms. The van der Waals surface area contributed by atoms with Crippen LogP contribution in [0.25, 0.3) is 0 Å². The lowest BCUT2D eigenvalue weighted by Crippen LogP contribution is -2.45. The van der Waals surface area contributed by atoms with Crippen molar-refractivity contribution in [3.63, 3.8) is 0 Å². The van der Waals surface area contributed by atoms with E-state index in [1.165, 1.54) is 0 Å². The number of aryl methyl sites for hydroxylation is 1. The van der Waals surface area contributed by atoms with E-state index in [4.69, 9.17) is 5.11 Å². The predicted molar refractivity (Wildman–Crippen MR) is 61.5 cm³/mol. The molecule has 2 N–H and O–H groups in total. The van der Waals surface area contributed by atoms with E-state index >= 15 is 0 Å². The zero-order valence-corrected chi connectivity index (χ0v) is 10.2. The molecule has 0 spiro atoms. The van der Waals surface area contributed by atoms with E-state index < -0.39 is 11.5 Å². The number of carboxylic acids is 1. The van der Waals surface area contributed by atoms with Crippen molar-refractivity contribution in [3.05, 3.63) is 18.0 Å². The first-order chi connectivity index (χ1) is 7.84. The summed E-state index contributed by atoms with van der Waals surface area (Å²) >= 11 is 0. The van der Waals surface area contributed by atoms with Gasteiger partial charge in [-0.2, -0.15) is 5.10 Å². The Labute approximate surface area is 99.6 Å². The fourth-order valence-electron chi connectivity index (χ4n) is 1.32. The van der Waals surface area contributed by atoms with Gasteiger partial charge < -0.3 is 10.4 Å². The van der Waals surface area contributed by atoms with Crippen LogP contribution >= 0.6 is 0 Å². The summed E-state index contributed by atoms with van der Waals surface area (Å²) in [5, 5.41) is 15.2. The van der Waals surface area contributed by atoms with Gasteiger partial charge in [0.05, 0.1) is 12.6 Å². The molecule has 0 aliphatic heterocycles. The molecule has 94 valence electrons. The molecule has 0 saturated heterocycles. The number of carbonyl (C=O) groups excluding carboxylic acids is 1. The fourth-order valence-corrected chi connectivity index (χ4v) is 1.32. The van der Waals surface area contributed by atoms with E-state index in [1.807, 2.05) is 6.92 Å². The van der Waals surface area contributed by atoms with E-state index in [9.17, 15) is 9.59 Å². The van der Waals surface area contributed by atoms with Crippen molar-refractivity contribution in [2.75, 3.05) is 6.54 Å². The van der Waals surface area contributed by atoms with Crippen molar-refractivity contribution < 1.29 is 14.7 Å². The molecular formula is C11H17N3O3. The van der Waals surface area contributed by atoms with E-state index in [0.717, 1.165) is 5.56 Å². The van der Waals surface area contributed by atoms with Crippen molar-refractivity contribution in [1.29, 1.82) is 0 Å². The van der Waals surface area contributed by atoms with Gasteiger partial charge in [-0.25, -0.2) is 0 Å². The van der Waals surface area contributed by atoms with Gasteiger partial charge in [0, 0.05) is 12.7 Å². The van der Waals surface area contributed by atoms with Crippen molar-refractivity contribution in [3.8, 4) is 0 Å².